The zero-order valence-corrected chi connectivity index (χ0v) is 18.4. The Hall–Kier alpha value is -1.51. The molecule has 0 bridgehead atoms. The van der Waals surface area contributed by atoms with Crippen molar-refractivity contribution in [2.45, 2.75) is 40.2 Å². The van der Waals surface area contributed by atoms with Crippen LogP contribution in [0.15, 0.2) is 29.3 Å². The summed E-state index contributed by atoms with van der Waals surface area (Å²) in [4.78, 5) is 16.5. The Morgan fingerprint density at radius 2 is 2.00 bits per heavy atom. The maximum atomic E-state index is 11.9. The van der Waals surface area contributed by atoms with Crippen LogP contribution in [0.2, 0.25) is 0 Å². The number of hydrogen-bond donors (Lipinski definition) is 3. The van der Waals surface area contributed by atoms with Crippen molar-refractivity contribution in [3.8, 4) is 5.75 Å². The molecule has 0 radical (unpaired) electrons. The fourth-order valence-corrected chi connectivity index (χ4v) is 2.58. The lowest BCUT2D eigenvalue weighted by Crippen LogP contribution is -2.42. The summed E-state index contributed by atoms with van der Waals surface area (Å²) in [5, 5.41) is 9.66. The lowest BCUT2D eigenvalue weighted by Gasteiger charge is -2.28. The molecule has 0 aliphatic carbocycles. The summed E-state index contributed by atoms with van der Waals surface area (Å²) in [6.45, 7) is 10.3. The predicted molar refractivity (Wildman–Crippen MR) is 116 cm³/mol. The van der Waals surface area contributed by atoms with Crippen LogP contribution in [-0.4, -0.2) is 38.1 Å². The van der Waals surface area contributed by atoms with Crippen molar-refractivity contribution in [2.75, 3.05) is 26.2 Å². The number of para-hydroxylation sites is 1. The highest BCUT2D eigenvalue weighted by molar-refractivity contribution is 14.0. The molecule has 0 saturated carbocycles. The third kappa shape index (κ3) is 6.66. The van der Waals surface area contributed by atoms with Crippen molar-refractivity contribution < 1.29 is 9.53 Å². The van der Waals surface area contributed by atoms with Crippen molar-refractivity contribution in [3.05, 3.63) is 29.8 Å². The van der Waals surface area contributed by atoms with Gasteiger partial charge in [0.2, 0.25) is 5.91 Å². The second-order valence-electron chi connectivity index (χ2n) is 7.14. The highest BCUT2D eigenvalue weighted by atomic mass is 127. The van der Waals surface area contributed by atoms with Crippen LogP contribution >= 0.6 is 24.0 Å². The number of guanidine groups is 1. The van der Waals surface area contributed by atoms with Gasteiger partial charge in [-0.2, -0.15) is 0 Å². The average molecular weight is 474 g/mol. The minimum Gasteiger partial charge on any atom is -0.493 e. The molecule has 1 amide bonds. The van der Waals surface area contributed by atoms with Gasteiger partial charge in [-0.25, -0.2) is 0 Å². The van der Waals surface area contributed by atoms with Gasteiger partial charge in [0.15, 0.2) is 5.96 Å². The van der Waals surface area contributed by atoms with E-state index >= 15 is 0 Å². The fourth-order valence-electron chi connectivity index (χ4n) is 2.58. The molecule has 146 valence electrons. The van der Waals surface area contributed by atoms with Gasteiger partial charge in [-0.3, -0.25) is 9.79 Å². The van der Waals surface area contributed by atoms with Crippen LogP contribution in [0.1, 0.15) is 45.7 Å². The Labute approximate surface area is 173 Å². The first-order chi connectivity index (χ1) is 11.9. The Kier molecular flexibility index (Phi) is 9.18. The molecule has 6 nitrogen and oxygen atoms in total. The van der Waals surface area contributed by atoms with E-state index in [1.54, 1.807) is 0 Å². The van der Waals surface area contributed by atoms with Gasteiger partial charge >= 0.3 is 0 Å². The van der Waals surface area contributed by atoms with E-state index in [0.29, 0.717) is 19.7 Å². The number of nitrogens with zero attached hydrogens (tertiary/aromatic N) is 1. The number of nitrogens with one attached hydrogen (secondary N) is 3. The molecule has 1 aromatic rings. The van der Waals surface area contributed by atoms with Crippen LogP contribution in [0.3, 0.4) is 0 Å². The molecule has 3 N–H and O–H groups in total. The molecule has 0 fully saturated rings. The van der Waals surface area contributed by atoms with Crippen molar-refractivity contribution in [1.29, 1.82) is 0 Å². The van der Waals surface area contributed by atoms with Crippen molar-refractivity contribution in [2.24, 2.45) is 10.4 Å². The Bertz CT molecular complexity index is 614. The molecular formula is C19H31IN4O2. The maximum absolute atomic E-state index is 11.9. The van der Waals surface area contributed by atoms with Gasteiger partial charge in [-0.05, 0) is 13.0 Å². The summed E-state index contributed by atoms with van der Waals surface area (Å²) < 4.78 is 5.70. The van der Waals surface area contributed by atoms with E-state index in [9.17, 15) is 4.79 Å². The lowest BCUT2D eigenvalue weighted by molar-refractivity contribution is -0.128. The number of carbonyl (C=O) groups is 1. The summed E-state index contributed by atoms with van der Waals surface area (Å²) in [5.74, 6) is 1.73. The van der Waals surface area contributed by atoms with E-state index < -0.39 is 0 Å². The molecule has 26 heavy (non-hydrogen) atoms. The largest absolute Gasteiger partial charge is 0.493 e. The van der Waals surface area contributed by atoms with Crippen molar-refractivity contribution in [3.63, 3.8) is 0 Å². The van der Waals surface area contributed by atoms with Gasteiger partial charge in [0, 0.05) is 30.5 Å². The number of fused-ring (bicyclic) bond motifs is 1. The molecular weight excluding hydrogens is 443 g/mol. The molecule has 2 rings (SSSR count). The highest BCUT2D eigenvalue weighted by Gasteiger charge is 2.22. The van der Waals surface area contributed by atoms with Gasteiger partial charge in [0.05, 0.1) is 19.2 Å². The topological polar surface area (TPSA) is 74.8 Å². The second-order valence-corrected chi connectivity index (χ2v) is 7.14. The normalized spacial score (nSPS) is 16.6. The van der Waals surface area contributed by atoms with Crippen molar-refractivity contribution in [1.82, 2.24) is 16.0 Å². The number of rotatable bonds is 5. The summed E-state index contributed by atoms with van der Waals surface area (Å²) in [6.07, 6.45) is 0.891. The van der Waals surface area contributed by atoms with E-state index in [0.717, 1.165) is 30.2 Å². The number of ether oxygens (including phenoxy) is 1. The molecule has 1 heterocycles. The molecule has 0 saturated heterocycles. The smallest absolute Gasteiger partial charge is 0.225 e. The molecule has 1 aliphatic rings. The zero-order valence-electron chi connectivity index (χ0n) is 16.1. The van der Waals surface area contributed by atoms with Crippen LogP contribution in [0.4, 0.5) is 0 Å². The molecule has 1 aromatic carbocycles. The highest BCUT2D eigenvalue weighted by Crippen LogP contribution is 2.31. The number of aliphatic imine (C=N–C) groups is 1. The second kappa shape index (κ2) is 10.6. The van der Waals surface area contributed by atoms with Gasteiger partial charge in [0.25, 0.3) is 0 Å². The minimum atomic E-state index is -0.377. The summed E-state index contributed by atoms with van der Waals surface area (Å²) in [6, 6.07) is 8.26. The van der Waals surface area contributed by atoms with Gasteiger partial charge in [-0.15, -0.1) is 24.0 Å². The summed E-state index contributed by atoms with van der Waals surface area (Å²) >= 11 is 0. The number of halogens is 1. The average Bonchev–Trinajstić information content (AvgIpc) is 2.58. The number of benzene rings is 1. The third-order valence-corrected chi connectivity index (χ3v) is 3.96. The first kappa shape index (κ1) is 22.5. The van der Waals surface area contributed by atoms with Crippen LogP contribution in [0.5, 0.6) is 5.75 Å². The molecule has 7 heteroatoms. The summed E-state index contributed by atoms with van der Waals surface area (Å²) in [5.41, 5.74) is 0.776. The third-order valence-electron chi connectivity index (χ3n) is 3.96. The van der Waals surface area contributed by atoms with E-state index in [4.69, 9.17) is 4.74 Å². The molecule has 1 atom stereocenters. The van der Waals surface area contributed by atoms with E-state index in [-0.39, 0.29) is 41.3 Å². The molecule has 1 aliphatic heterocycles. The number of carbonyl (C=O) groups excluding carboxylic acids is 1. The van der Waals surface area contributed by atoms with E-state index in [1.165, 1.54) is 0 Å². The number of amides is 1. The molecule has 1 unspecified atom stereocenters. The zero-order chi connectivity index (χ0) is 18.3. The Balaban J connectivity index is 0.00000338. The Morgan fingerprint density at radius 1 is 1.27 bits per heavy atom. The maximum Gasteiger partial charge on any atom is 0.225 e. The first-order valence-corrected chi connectivity index (χ1v) is 8.96. The van der Waals surface area contributed by atoms with Crippen LogP contribution in [0, 0.1) is 5.41 Å². The van der Waals surface area contributed by atoms with Gasteiger partial charge in [-0.1, -0.05) is 39.0 Å². The van der Waals surface area contributed by atoms with Crippen LogP contribution in [-0.2, 0) is 4.79 Å². The quantitative estimate of drug-likeness (QED) is 0.266. The Morgan fingerprint density at radius 3 is 2.69 bits per heavy atom. The molecule has 0 spiro atoms. The van der Waals surface area contributed by atoms with Gasteiger partial charge in [0.1, 0.15) is 5.75 Å². The monoisotopic (exact) mass is 474 g/mol. The SMILES string of the molecule is CCNC(=NCCNC(=O)C(C)(C)C)NC1CCOc2ccccc21.I. The van der Waals surface area contributed by atoms with Gasteiger partial charge < -0.3 is 20.7 Å². The van der Waals surface area contributed by atoms with Crippen molar-refractivity contribution >= 4 is 35.8 Å². The van der Waals surface area contributed by atoms with Crippen LogP contribution in [0.25, 0.3) is 0 Å². The molecule has 0 aromatic heterocycles. The fraction of sp³-hybridized carbons (Fsp3) is 0.579. The standard InChI is InChI=1S/C19H30N4O2.HI/c1-5-20-18(22-12-11-21-17(24)19(2,3)4)23-15-10-13-25-16-9-7-6-8-14(15)16;/h6-9,15H,5,10-13H2,1-4H3,(H,21,24)(H2,20,22,23);1H. The first-order valence-electron chi connectivity index (χ1n) is 8.96. The minimum absolute atomic E-state index is 0. The van der Waals surface area contributed by atoms with E-state index in [2.05, 4.69) is 27.0 Å². The number of hydrogen-bond acceptors (Lipinski definition) is 3. The summed E-state index contributed by atoms with van der Waals surface area (Å²) in [7, 11) is 0. The predicted octanol–water partition coefficient (Wildman–Crippen LogP) is 2.85. The van der Waals surface area contributed by atoms with E-state index in [1.807, 2.05) is 45.9 Å². The lowest BCUT2D eigenvalue weighted by atomic mass is 9.96. The van der Waals surface area contributed by atoms with Crippen LogP contribution < -0.4 is 20.7 Å².